The Labute approximate surface area is 341 Å². The van der Waals surface area contributed by atoms with Crippen LogP contribution >= 0.6 is 11.3 Å². The topological polar surface area (TPSA) is 35.6 Å². The molecule has 11 aromatic rings. The molecule has 1 unspecified atom stereocenters. The first-order chi connectivity index (χ1) is 28.2. The number of aromatic nitrogens is 4. The third-order valence-electron chi connectivity index (χ3n) is 13.6. The van der Waals surface area contributed by atoms with Crippen molar-refractivity contribution in [2.75, 3.05) is 0 Å². The minimum absolute atomic E-state index is 0.0458. The van der Waals surface area contributed by atoms with E-state index in [1.807, 2.05) is 6.07 Å². The molecule has 1 aliphatic carbocycles. The molecule has 4 heterocycles. The maximum Gasteiger partial charge on any atom is 0.163 e. The van der Waals surface area contributed by atoms with Crippen LogP contribution < -0.4 is 0 Å². The van der Waals surface area contributed by atoms with Crippen LogP contribution in [0.5, 0.6) is 0 Å². The summed E-state index contributed by atoms with van der Waals surface area (Å²) in [4.78, 5) is 11.7. The average molecular weight is 767 g/mol. The second-order valence-electron chi connectivity index (χ2n) is 17.7. The zero-order valence-corrected chi connectivity index (χ0v) is 34.2. The monoisotopic (exact) mass is 766 g/mol. The van der Waals surface area contributed by atoms with E-state index in [-0.39, 0.29) is 10.8 Å². The Kier molecular flexibility index (Phi) is 6.92. The highest BCUT2D eigenvalue weighted by Crippen LogP contribution is 2.50. The molecule has 0 radical (unpaired) electrons. The van der Waals surface area contributed by atoms with E-state index in [1.54, 1.807) is 11.3 Å². The van der Waals surface area contributed by atoms with Gasteiger partial charge in [0.1, 0.15) is 4.83 Å². The number of benzene rings is 7. The normalized spacial score (nSPS) is 16.4. The van der Waals surface area contributed by atoms with E-state index >= 15 is 0 Å². The molecule has 4 nitrogen and oxygen atoms in total. The number of para-hydroxylation sites is 1. The van der Waals surface area contributed by atoms with E-state index in [4.69, 9.17) is 9.97 Å². The number of fused-ring (bicyclic) bond motifs is 12. The Bertz CT molecular complexity index is 3510. The summed E-state index contributed by atoms with van der Waals surface area (Å²) in [5, 5.41) is 9.75. The number of rotatable bonds is 3. The van der Waals surface area contributed by atoms with Crippen molar-refractivity contribution >= 4 is 86.0 Å². The van der Waals surface area contributed by atoms with E-state index in [2.05, 4.69) is 183 Å². The molecule has 1 aliphatic rings. The lowest BCUT2D eigenvalue weighted by Gasteiger charge is -2.46. The van der Waals surface area contributed by atoms with Gasteiger partial charge in [0.15, 0.2) is 11.6 Å². The van der Waals surface area contributed by atoms with Crippen molar-refractivity contribution in [3.05, 3.63) is 157 Å². The number of hydrogen-bond acceptors (Lipinski definition) is 3. The van der Waals surface area contributed by atoms with Gasteiger partial charge in [0.25, 0.3) is 0 Å². The van der Waals surface area contributed by atoms with Crippen LogP contribution in [0.25, 0.3) is 97.6 Å². The van der Waals surface area contributed by atoms with Gasteiger partial charge in [0, 0.05) is 42.9 Å². The van der Waals surface area contributed by atoms with Crippen molar-refractivity contribution in [3.63, 3.8) is 0 Å². The SMILES string of the molecule is CC1CC(C)(C)c2ccc(-n3c4cc5c(cc4c4c6ccccc6ccc43)c3ccccc3n5-c3nc(-c4ccccc4)nc4sc5ccccc5c34)cc2C1(C)C. The van der Waals surface area contributed by atoms with Crippen LogP contribution in [0, 0.1) is 5.92 Å². The summed E-state index contributed by atoms with van der Waals surface area (Å²) in [7, 11) is 0. The van der Waals surface area contributed by atoms with Gasteiger partial charge >= 0.3 is 0 Å². The summed E-state index contributed by atoms with van der Waals surface area (Å²) >= 11 is 1.74. The Balaban J connectivity index is 1.24. The van der Waals surface area contributed by atoms with Gasteiger partial charge in [0.2, 0.25) is 0 Å². The Morgan fingerprint density at radius 1 is 0.552 bits per heavy atom. The van der Waals surface area contributed by atoms with Crippen LogP contribution in [-0.2, 0) is 10.8 Å². The molecular formula is C53H42N4S. The van der Waals surface area contributed by atoms with E-state index in [0.29, 0.717) is 5.92 Å². The quantitative estimate of drug-likeness (QED) is 0.180. The van der Waals surface area contributed by atoms with E-state index in [9.17, 15) is 0 Å². The number of nitrogens with zero attached hydrogens (tertiary/aromatic N) is 4. The predicted molar refractivity (Wildman–Crippen MR) is 246 cm³/mol. The van der Waals surface area contributed by atoms with Crippen molar-refractivity contribution in [1.29, 1.82) is 0 Å². The van der Waals surface area contributed by atoms with Gasteiger partial charge in [-0.2, -0.15) is 0 Å². The summed E-state index contributed by atoms with van der Waals surface area (Å²) in [6.07, 6.45) is 1.18. The second kappa shape index (κ2) is 11.9. The summed E-state index contributed by atoms with van der Waals surface area (Å²) in [5.41, 5.74) is 9.96. The minimum Gasteiger partial charge on any atom is -0.309 e. The average Bonchev–Trinajstić information content (AvgIpc) is 3.89. The van der Waals surface area contributed by atoms with Crippen LogP contribution in [0.3, 0.4) is 0 Å². The van der Waals surface area contributed by atoms with Crippen LogP contribution in [0.4, 0.5) is 0 Å². The van der Waals surface area contributed by atoms with E-state index < -0.39 is 0 Å². The first kappa shape index (κ1) is 33.8. The highest BCUT2D eigenvalue weighted by Gasteiger charge is 2.42. The highest BCUT2D eigenvalue weighted by molar-refractivity contribution is 7.25. The van der Waals surface area contributed by atoms with Crippen molar-refractivity contribution in [1.82, 2.24) is 19.1 Å². The third kappa shape index (κ3) is 4.62. The molecular weight excluding hydrogens is 725 g/mol. The zero-order chi connectivity index (χ0) is 39.1. The lowest BCUT2D eigenvalue weighted by atomic mass is 9.58. The van der Waals surface area contributed by atoms with E-state index in [1.165, 1.54) is 76.7 Å². The standard InChI is InChI=1S/C53H42N4S/c1-31-30-52(2,3)40-25-24-34(27-41(40)53(31,4)5)56-43-26-23-32-15-9-10-18-35(32)47(43)39-28-38-36-19-11-13-21-42(36)57(44(38)29-45(39)56)50-48-37-20-12-14-22-46(37)58-51(48)55-49(54-50)33-16-7-6-8-17-33/h6-29,31H,30H2,1-5H3. The molecule has 4 aromatic heterocycles. The summed E-state index contributed by atoms with van der Waals surface area (Å²) in [6.45, 7) is 12.2. The fourth-order valence-corrected chi connectivity index (χ4v) is 11.5. The van der Waals surface area contributed by atoms with Gasteiger partial charge in [-0.25, -0.2) is 9.97 Å². The Morgan fingerprint density at radius 2 is 1.28 bits per heavy atom. The molecule has 0 fully saturated rings. The minimum atomic E-state index is 0.0458. The van der Waals surface area contributed by atoms with Gasteiger partial charge < -0.3 is 4.57 Å². The largest absolute Gasteiger partial charge is 0.309 e. The molecule has 1 atom stereocenters. The van der Waals surface area contributed by atoms with Crippen molar-refractivity contribution in [3.8, 4) is 22.9 Å². The molecule has 0 N–H and O–H groups in total. The fraction of sp³-hybridized carbons (Fsp3) is 0.170. The molecule has 0 spiro atoms. The van der Waals surface area contributed by atoms with Gasteiger partial charge in [0.05, 0.1) is 27.5 Å². The van der Waals surface area contributed by atoms with Crippen molar-refractivity contribution in [2.24, 2.45) is 5.92 Å². The highest BCUT2D eigenvalue weighted by atomic mass is 32.1. The zero-order valence-electron chi connectivity index (χ0n) is 33.3. The third-order valence-corrected chi connectivity index (χ3v) is 14.7. The summed E-state index contributed by atoms with van der Waals surface area (Å²) in [5.74, 6) is 2.20. The molecule has 7 aromatic carbocycles. The number of thiophene rings is 1. The molecule has 58 heavy (non-hydrogen) atoms. The second-order valence-corrected chi connectivity index (χ2v) is 18.7. The van der Waals surface area contributed by atoms with Crippen LogP contribution in [-0.4, -0.2) is 19.1 Å². The maximum absolute atomic E-state index is 5.52. The predicted octanol–water partition coefficient (Wildman–Crippen LogP) is 14.5. The lowest BCUT2D eigenvalue weighted by molar-refractivity contribution is 0.233. The van der Waals surface area contributed by atoms with Gasteiger partial charge in [-0.05, 0) is 87.5 Å². The molecule has 0 amide bonds. The maximum atomic E-state index is 5.52. The molecule has 280 valence electrons. The first-order valence-electron chi connectivity index (χ1n) is 20.5. The molecule has 12 rings (SSSR count). The Hall–Kier alpha value is -6.30. The van der Waals surface area contributed by atoms with Crippen LogP contribution in [0.1, 0.15) is 52.2 Å². The summed E-state index contributed by atoms with van der Waals surface area (Å²) in [6, 6.07) is 53.6. The lowest BCUT2D eigenvalue weighted by Crippen LogP contribution is -2.40. The molecule has 0 aliphatic heterocycles. The van der Waals surface area contributed by atoms with Crippen LogP contribution in [0.15, 0.2) is 146 Å². The molecule has 5 heteroatoms. The molecule has 0 bridgehead atoms. The fourth-order valence-electron chi connectivity index (χ4n) is 10.4. The number of hydrogen-bond donors (Lipinski definition) is 0. The van der Waals surface area contributed by atoms with Crippen molar-refractivity contribution < 1.29 is 0 Å². The smallest absolute Gasteiger partial charge is 0.163 e. The molecule has 0 saturated heterocycles. The Morgan fingerprint density at radius 3 is 2.12 bits per heavy atom. The molecule has 0 saturated carbocycles. The van der Waals surface area contributed by atoms with Gasteiger partial charge in [-0.1, -0.05) is 138 Å². The van der Waals surface area contributed by atoms with Gasteiger partial charge in [-0.15, -0.1) is 11.3 Å². The van der Waals surface area contributed by atoms with E-state index in [0.717, 1.165) is 38.5 Å². The summed E-state index contributed by atoms with van der Waals surface area (Å²) < 4.78 is 6.16. The van der Waals surface area contributed by atoms with Gasteiger partial charge in [-0.3, -0.25) is 4.57 Å². The first-order valence-corrected chi connectivity index (χ1v) is 21.3. The van der Waals surface area contributed by atoms with Crippen molar-refractivity contribution in [2.45, 2.75) is 51.9 Å². The van der Waals surface area contributed by atoms with Crippen LogP contribution in [0.2, 0.25) is 0 Å².